The van der Waals surface area contributed by atoms with Gasteiger partial charge in [0, 0.05) is 0 Å². The minimum absolute atomic E-state index is 0.273. The van der Waals surface area contributed by atoms with Crippen LogP contribution in [-0.4, -0.2) is 53.1 Å². The summed E-state index contributed by atoms with van der Waals surface area (Å²) in [5, 5.41) is 23.0. The predicted molar refractivity (Wildman–Crippen MR) is 176 cm³/mol. The van der Waals surface area contributed by atoms with Crippen molar-refractivity contribution in [3.8, 4) is 0 Å². The summed E-state index contributed by atoms with van der Waals surface area (Å²) < 4.78 is 32.0. The summed E-state index contributed by atoms with van der Waals surface area (Å²) in [6.07, 6.45) is 31.5. The summed E-state index contributed by atoms with van der Waals surface area (Å²) >= 11 is 0. The molecule has 4 N–H and O–H groups in total. The highest BCUT2D eigenvalue weighted by Gasteiger charge is 2.27. The lowest BCUT2D eigenvalue weighted by Crippen LogP contribution is -2.50. The molecule has 0 fully saturated rings. The van der Waals surface area contributed by atoms with Crippen molar-refractivity contribution in [1.82, 2.24) is 5.32 Å². The van der Waals surface area contributed by atoms with Crippen LogP contribution in [0.4, 0.5) is 0 Å². The van der Waals surface area contributed by atoms with Crippen LogP contribution in [0.3, 0.4) is 0 Å². The van der Waals surface area contributed by atoms with Gasteiger partial charge in [-0.05, 0) is 44.9 Å². The second-order valence-corrected chi connectivity index (χ2v) is 13.4. The first-order chi connectivity index (χ1) is 20.2. The Kier molecular flexibility index (Phi) is 27.7. The van der Waals surface area contributed by atoms with Gasteiger partial charge < -0.3 is 15.5 Å². The fourth-order valence-corrected chi connectivity index (χ4v) is 5.77. The first kappa shape index (κ1) is 40.8. The molecule has 7 nitrogen and oxygen atoms in total. The number of allylic oxidation sites excluding steroid dienone is 3. The molecule has 0 heterocycles. The SMILES string of the molecule is CCCCC/C=C/C(O)C(CS(=O)(=O)O)NC(=O)C(O)CCCCCCCC/C=C\CCCCCCCCCCCC. The van der Waals surface area contributed by atoms with Gasteiger partial charge >= 0.3 is 0 Å². The van der Waals surface area contributed by atoms with Crippen LogP contribution in [0, 0.1) is 0 Å². The van der Waals surface area contributed by atoms with Crippen molar-refractivity contribution in [3.05, 3.63) is 24.3 Å². The monoisotopic (exact) mass is 615 g/mol. The van der Waals surface area contributed by atoms with E-state index in [1.54, 1.807) is 6.08 Å². The van der Waals surface area contributed by atoms with Crippen LogP contribution in [0.5, 0.6) is 0 Å². The number of carbonyl (C=O) groups excluding carboxylic acids is 1. The van der Waals surface area contributed by atoms with Crippen LogP contribution in [0.1, 0.15) is 162 Å². The van der Waals surface area contributed by atoms with Gasteiger partial charge in [-0.1, -0.05) is 141 Å². The second-order valence-electron chi connectivity index (χ2n) is 11.9. The third kappa shape index (κ3) is 27.6. The Hall–Kier alpha value is -1.22. The van der Waals surface area contributed by atoms with E-state index in [1.807, 2.05) is 0 Å². The number of aliphatic hydroxyl groups excluding tert-OH is 2. The number of rotatable bonds is 30. The summed E-state index contributed by atoms with van der Waals surface area (Å²) in [5.41, 5.74) is 0. The molecule has 0 rings (SSSR count). The molecule has 0 saturated heterocycles. The number of carbonyl (C=O) groups is 1. The maximum atomic E-state index is 12.4. The minimum Gasteiger partial charge on any atom is -0.387 e. The molecule has 3 unspecified atom stereocenters. The lowest BCUT2D eigenvalue weighted by atomic mass is 10.0. The summed E-state index contributed by atoms with van der Waals surface area (Å²) in [7, 11) is -4.42. The molecule has 248 valence electrons. The molecule has 0 aliphatic rings. The van der Waals surface area contributed by atoms with E-state index in [1.165, 1.54) is 89.5 Å². The smallest absolute Gasteiger partial charge is 0.267 e. The van der Waals surface area contributed by atoms with E-state index in [9.17, 15) is 28.0 Å². The van der Waals surface area contributed by atoms with Crippen LogP contribution in [0.25, 0.3) is 0 Å². The van der Waals surface area contributed by atoms with Gasteiger partial charge in [0.05, 0.1) is 17.9 Å². The Morgan fingerprint density at radius 1 is 0.643 bits per heavy atom. The number of nitrogens with one attached hydrogen (secondary N) is 1. The van der Waals surface area contributed by atoms with Crippen LogP contribution < -0.4 is 5.32 Å². The Balaban J connectivity index is 3.90. The van der Waals surface area contributed by atoms with Gasteiger partial charge in [0.1, 0.15) is 6.10 Å². The largest absolute Gasteiger partial charge is 0.387 e. The molecule has 1 amide bonds. The average molecular weight is 616 g/mol. The number of unbranched alkanes of at least 4 members (excludes halogenated alkanes) is 19. The van der Waals surface area contributed by atoms with Gasteiger partial charge in [-0.2, -0.15) is 8.42 Å². The van der Waals surface area contributed by atoms with Crippen molar-refractivity contribution in [2.45, 2.75) is 180 Å². The average Bonchev–Trinajstić information content (AvgIpc) is 2.94. The Labute approximate surface area is 258 Å². The molecule has 0 aromatic carbocycles. The summed E-state index contributed by atoms with van der Waals surface area (Å²) in [4.78, 5) is 12.4. The molecule has 0 aromatic rings. The lowest BCUT2D eigenvalue weighted by Gasteiger charge is -2.22. The molecule has 0 aromatic heterocycles. The molecule has 0 radical (unpaired) electrons. The van der Waals surface area contributed by atoms with Gasteiger partial charge in [0.2, 0.25) is 5.91 Å². The van der Waals surface area contributed by atoms with Gasteiger partial charge in [0.15, 0.2) is 0 Å². The molecular formula is C34H65NO6S. The zero-order valence-electron chi connectivity index (χ0n) is 27.0. The summed E-state index contributed by atoms with van der Waals surface area (Å²) in [5.74, 6) is -1.55. The van der Waals surface area contributed by atoms with Crippen molar-refractivity contribution in [3.63, 3.8) is 0 Å². The van der Waals surface area contributed by atoms with E-state index >= 15 is 0 Å². The van der Waals surface area contributed by atoms with Crippen LogP contribution in [-0.2, 0) is 14.9 Å². The van der Waals surface area contributed by atoms with Crippen LogP contribution in [0.15, 0.2) is 24.3 Å². The van der Waals surface area contributed by atoms with Crippen molar-refractivity contribution in [2.75, 3.05) is 5.75 Å². The van der Waals surface area contributed by atoms with E-state index in [4.69, 9.17) is 0 Å². The van der Waals surface area contributed by atoms with Gasteiger partial charge in [0.25, 0.3) is 10.1 Å². The number of amides is 1. The molecule has 8 heteroatoms. The molecule has 0 saturated carbocycles. The zero-order chi connectivity index (χ0) is 31.3. The lowest BCUT2D eigenvalue weighted by molar-refractivity contribution is -0.130. The zero-order valence-corrected chi connectivity index (χ0v) is 27.8. The van der Waals surface area contributed by atoms with Crippen LogP contribution >= 0.6 is 0 Å². The van der Waals surface area contributed by atoms with Crippen molar-refractivity contribution >= 4 is 16.0 Å². The summed E-state index contributed by atoms with van der Waals surface area (Å²) in [6.45, 7) is 4.35. The first-order valence-corrected chi connectivity index (χ1v) is 18.8. The number of hydrogen-bond donors (Lipinski definition) is 4. The number of hydrogen-bond acceptors (Lipinski definition) is 5. The first-order valence-electron chi connectivity index (χ1n) is 17.1. The Morgan fingerprint density at radius 3 is 1.55 bits per heavy atom. The maximum Gasteiger partial charge on any atom is 0.267 e. The predicted octanol–water partition coefficient (Wildman–Crippen LogP) is 8.21. The molecule has 3 atom stereocenters. The fraction of sp³-hybridized carbons (Fsp3) is 0.853. The van der Waals surface area contributed by atoms with E-state index in [-0.39, 0.29) is 6.42 Å². The normalized spacial score (nSPS) is 14.5. The van der Waals surface area contributed by atoms with E-state index in [0.29, 0.717) is 6.42 Å². The second kappa shape index (κ2) is 28.5. The molecular weight excluding hydrogens is 550 g/mol. The quantitative estimate of drug-likeness (QED) is 0.0367. The summed E-state index contributed by atoms with van der Waals surface area (Å²) in [6, 6.07) is -1.23. The number of aliphatic hydroxyl groups is 2. The highest BCUT2D eigenvalue weighted by atomic mass is 32.2. The maximum absolute atomic E-state index is 12.4. The third-order valence-corrected chi connectivity index (χ3v) is 8.51. The van der Waals surface area contributed by atoms with Crippen molar-refractivity contribution < 1.29 is 28.0 Å². The highest BCUT2D eigenvalue weighted by molar-refractivity contribution is 7.85. The van der Waals surface area contributed by atoms with Crippen LogP contribution in [0.2, 0.25) is 0 Å². The molecule has 0 aliphatic heterocycles. The van der Waals surface area contributed by atoms with Crippen molar-refractivity contribution in [1.29, 1.82) is 0 Å². The van der Waals surface area contributed by atoms with Gasteiger partial charge in [-0.25, -0.2) is 0 Å². The molecule has 0 spiro atoms. The molecule has 42 heavy (non-hydrogen) atoms. The van der Waals surface area contributed by atoms with E-state index in [0.717, 1.165) is 51.4 Å². The molecule has 0 aliphatic carbocycles. The van der Waals surface area contributed by atoms with Crippen molar-refractivity contribution in [2.24, 2.45) is 0 Å². The van der Waals surface area contributed by atoms with E-state index in [2.05, 4.69) is 31.3 Å². The Morgan fingerprint density at radius 2 is 1.05 bits per heavy atom. The standard InChI is InChI=1S/C34H65NO6S/c1-3-5-7-9-10-11-12-13-14-15-16-17-18-19-20-21-22-23-25-27-29-33(37)34(38)35-31(30-42(39,40)41)32(36)28-26-24-8-6-4-2/h17-18,26,28,31-33,36-37H,3-16,19-25,27,29-30H2,1-2H3,(H,35,38)(H,39,40,41)/b18-17-,28-26+. The fourth-order valence-electron chi connectivity index (χ4n) is 5.04. The van der Waals surface area contributed by atoms with Gasteiger partial charge in [-0.3, -0.25) is 9.35 Å². The van der Waals surface area contributed by atoms with Gasteiger partial charge in [-0.15, -0.1) is 0 Å². The Bertz CT molecular complexity index is 783. The third-order valence-electron chi connectivity index (χ3n) is 7.73. The van der Waals surface area contributed by atoms with E-state index < -0.39 is 40.0 Å². The topological polar surface area (TPSA) is 124 Å². The molecule has 0 bridgehead atoms. The minimum atomic E-state index is -4.42. The highest BCUT2D eigenvalue weighted by Crippen LogP contribution is 2.13.